The maximum atomic E-state index is 13.3. The topological polar surface area (TPSA) is 38.2 Å². The molecule has 30 heavy (non-hydrogen) atoms. The first-order chi connectivity index (χ1) is 14.1. The fraction of sp³-hybridized carbons (Fsp3) is 0.600. The van der Waals surface area contributed by atoms with Crippen molar-refractivity contribution in [3.05, 3.63) is 59.4 Å². The Morgan fingerprint density at radius 1 is 1.10 bits per heavy atom. The lowest BCUT2D eigenvalue weighted by Crippen LogP contribution is -2.50. The SMILES string of the molecule is CCOC(C)(C)C1(CCc2ccc(F)cn2)CCN(C(C)(C)c2ccc(C)nc2)C1. The molecule has 0 amide bonds. The Kier molecular flexibility index (Phi) is 6.63. The molecule has 1 saturated heterocycles. The van der Waals surface area contributed by atoms with Gasteiger partial charge in [0.1, 0.15) is 5.82 Å². The molecular weight excluding hydrogens is 377 g/mol. The van der Waals surface area contributed by atoms with E-state index in [0.29, 0.717) is 6.61 Å². The van der Waals surface area contributed by atoms with Crippen LogP contribution in [-0.4, -0.2) is 40.2 Å². The van der Waals surface area contributed by atoms with Crippen molar-refractivity contribution in [2.45, 2.75) is 71.9 Å². The Hall–Kier alpha value is -1.85. The van der Waals surface area contributed by atoms with Crippen molar-refractivity contribution >= 4 is 0 Å². The van der Waals surface area contributed by atoms with Crippen LogP contribution in [0.4, 0.5) is 4.39 Å². The molecule has 4 nitrogen and oxygen atoms in total. The lowest BCUT2D eigenvalue weighted by atomic mass is 9.69. The zero-order valence-electron chi connectivity index (χ0n) is 19.3. The van der Waals surface area contributed by atoms with E-state index in [-0.39, 0.29) is 22.4 Å². The summed E-state index contributed by atoms with van der Waals surface area (Å²) in [6, 6.07) is 7.58. The van der Waals surface area contributed by atoms with E-state index in [1.807, 2.05) is 13.1 Å². The third-order valence-electron chi connectivity index (χ3n) is 7.19. The molecule has 1 atom stereocenters. The van der Waals surface area contributed by atoms with E-state index in [1.54, 1.807) is 6.07 Å². The molecular formula is C25H36FN3O. The molecule has 2 aromatic rings. The number of rotatable bonds is 8. The Morgan fingerprint density at radius 3 is 2.47 bits per heavy atom. The summed E-state index contributed by atoms with van der Waals surface area (Å²) in [4.78, 5) is 11.4. The summed E-state index contributed by atoms with van der Waals surface area (Å²) in [7, 11) is 0. The highest BCUT2D eigenvalue weighted by atomic mass is 19.1. The van der Waals surface area contributed by atoms with Crippen LogP contribution in [0.25, 0.3) is 0 Å². The summed E-state index contributed by atoms with van der Waals surface area (Å²) in [5.74, 6) is -0.288. The number of ether oxygens (including phenoxy) is 1. The largest absolute Gasteiger partial charge is 0.375 e. The molecule has 0 saturated carbocycles. The summed E-state index contributed by atoms with van der Waals surface area (Å²) in [6.45, 7) is 15.7. The maximum Gasteiger partial charge on any atom is 0.141 e. The van der Waals surface area contributed by atoms with Gasteiger partial charge in [0, 0.05) is 41.7 Å². The second-order valence-corrected chi connectivity index (χ2v) is 9.61. The van der Waals surface area contributed by atoms with Crippen LogP contribution in [0.3, 0.4) is 0 Å². The third kappa shape index (κ3) is 4.57. The number of aryl methyl sites for hydroxylation is 2. The van der Waals surface area contributed by atoms with Crippen molar-refractivity contribution in [1.82, 2.24) is 14.9 Å². The molecule has 1 unspecified atom stereocenters. The average molecular weight is 414 g/mol. The highest BCUT2D eigenvalue weighted by Gasteiger charge is 2.52. The van der Waals surface area contributed by atoms with Crippen molar-refractivity contribution in [3.8, 4) is 0 Å². The molecule has 1 aliphatic heterocycles. The predicted octanol–water partition coefficient (Wildman–Crippen LogP) is 5.30. The van der Waals surface area contributed by atoms with Crippen LogP contribution in [0.5, 0.6) is 0 Å². The van der Waals surface area contributed by atoms with E-state index in [2.05, 4.69) is 61.6 Å². The van der Waals surface area contributed by atoms with Crippen LogP contribution in [0, 0.1) is 18.2 Å². The Morgan fingerprint density at radius 2 is 1.87 bits per heavy atom. The van der Waals surface area contributed by atoms with E-state index in [9.17, 15) is 4.39 Å². The van der Waals surface area contributed by atoms with Crippen molar-refractivity contribution in [2.75, 3.05) is 19.7 Å². The second-order valence-electron chi connectivity index (χ2n) is 9.61. The van der Waals surface area contributed by atoms with Gasteiger partial charge in [0.15, 0.2) is 0 Å². The molecule has 0 N–H and O–H groups in total. The third-order valence-corrected chi connectivity index (χ3v) is 7.19. The van der Waals surface area contributed by atoms with Crippen LogP contribution in [-0.2, 0) is 16.7 Å². The van der Waals surface area contributed by atoms with Gasteiger partial charge in [-0.25, -0.2) is 4.39 Å². The Bertz CT molecular complexity index is 832. The maximum absolute atomic E-state index is 13.3. The number of nitrogens with zero attached hydrogens (tertiary/aromatic N) is 3. The van der Waals surface area contributed by atoms with Gasteiger partial charge in [0.2, 0.25) is 0 Å². The van der Waals surface area contributed by atoms with Gasteiger partial charge in [-0.15, -0.1) is 0 Å². The minimum Gasteiger partial charge on any atom is -0.375 e. The first kappa shape index (κ1) is 22.8. The molecule has 5 heteroatoms. The fourth-order valence-electron chi connectivity index (χ4n) is 4.79. The van der Waals surface area contributed by atoms with Gasteiger partial charge in [-0.05, 0) is 91.1 Å². The first-order valence-electron chi connectivity index (χ1n) is 11.0. The van der Waals surface area contributed by atoms with Gasteiger partial charge in [-0.2, -0.15) is 0 Å². The predicted molar refractivity (Wildman–Crippen MR) is 119 cm³/mol. The van der Waals surface area contributed by atoms with E-state index in [0.717, 1.165) is 43.7 Å². The van der Waals surface area contributed by atoms with Crippen LogP contribution in [0.2, 0.25) is 0 Å². The summed E-state index contributed by atoms with van der Waals surface area (Å²) >= 11 is 0. The standard InChI is InChI=1S/C25H36FN3O/c1-7-30-24(5,6)25(13-12-22-11-10-21(26)17-28-22)14-15-29(18-25)23(3,4)20-9-8-19(2)27-16-20/h8-11,16-17H,7,12-15,18H2,1-6H3. The molecule has 0 aromatic carbocycles. The number of hydrogen-bond acceptors (Lipinski definition) is 4. The fourth-order valence-corrected chi connectivity index (χ4v) is 4.79. The van der Waals surface area contributed by atoms with Crippen LogP contribution < -0.4 is 0 Å². The number of likely N-dealkylation sites (tertiary alicyclic amines) is 1. The molecule has 0 spiro atoms. The van der Waals surface area contributed by atoms with Crippen LogP contribution in [0.15, 0.2) is 36.7 Å². The minimum absolute atomic E-state index is 0.00548. The molecule has 1 fully saturated rings. The van der Waals surface area contributed by atoms with Gasteiger partial charge >= 0.3 is 0 Å². The lowest BCUT2D eigenvalue weighted by molar-refractivity contribution is -0.109. The number of halogens is 1. The minimum atomic E-state index is -0.288. The highest BCUT2D eigenvalue weighted by molar-refractivity contribution is 5.22. The zero-order valence-corrected chi connectivity index (χ0v) is 19.3. The summed E-state index contributed by atoms with van der Waals surface area (Å²) in [6.07, 6.45) is 6.15. The summed E-state index contributed by atoms with van der Waals surface area (Å²) in [5.41, 5.74) is 2.82. The number of pyridine rings is 2. The van der Waals surface area contributed by atoms with E-state index in [4.69, 9.17) is 4.74 Å². The first-order valence-corrected chi connectivity index (χ1v) is 11.0. The molecule has 164 valence electrons. The van der Waals surface area contributed by atoms with Crippen molar-refractivity contribution in [1.29, 1.82) is 0 Å². The average Bonchev–Trinajstić information content (AvgIpc) is 3.15. The van der Waals surface area contributed by atoms with Crippen molar-refractivity contribution in [2.24, 2.45) is 5.41 Å². The summed E-state index contributed by atoms with van der Waals surface area (Å²) < 4.78 is 19.6. The van der Waals surface area contributed by atoms with Crippen LogP contribution >= 0.6 is 0 Å². The molecule has 0 aliphatic carbocycles. The van der Waals surface area contributed by atoms with Crippen molar-refractivity contribution in [3.63, 3.8) is 0 Å². The van der Waals surface area contributed by atoms with Gasteiger partial charge in [-0.1, -0.05) is 6.07 Å². The monoisotopic (exact) mass is 413 g/mol. The molecule has 0 radical (unpaired) electrons. The Labute approximate surface area is 180 Å². The van der Waals surface area contributed by atoms with E-state index in [1.165, 1.54) is 17.8 Å². The van der Waals surface area contributed by atoms with Crippen molar-refractivity contribution < 1.29 is 9.13 Å². The lowest BCUT2D eigenvalue weighted by Gasteiger charge is -2.46. The number of hydrogen-bond donors (Lipinski definition) is 0. The van der Waals surface area contributed by atoms with Gasteiger partial charge in [0.25, 0.3) is 0 Å². The molecule has 1 aliphatic rings. The highest BCUT2D eigenvalue weighted by Crippen LogP contribution is 2.49. The molecule has 3 heterocycles. The van der Waals surface area contributed by atoms with E-state index < -0.39 is 0 Å². The molecule has 3 rings (SSSR count). The zero-order chi connectivity index (χ0) is 22.0. The van der Waals surface area contributed by atoms with Gasteiger partial charge < -0.3 is 4.74 Å². The Balaban J connectivity index is 1.84. The van der Waals surface area contributed by atoms with Gasteiger partial charge in [0.05, 0.1) is 11.8 Å². The normalized spacial score (nSPS) is 20.6. The second kappa shape index (κ2) is 8.72. The summed E-state index contributed by atoms with van der Waals surface area (Å²) in [5, 5.41) is 0. The number of aromatic nitrogens is 2. The molecule has 0 bridgehead atoms. The van der Waals surface area contributed by atoms with Gasteiger partial charge in [-0.3, -0.25) is 14.9 Å². The molecule has 2 aromatic heterocycles. The quantitative estimate of drug-likeness (QED) is 0.589. The van der Waals surface area contributed by atoms with E-state index >= 15 is 0 Å². The smallest absolute Gasteiger partial charge is 0.141 e. The van der Waals surface area contributed by atoms with Crippen LogP contribution in [0.1, 0.15) is 64.4 Å².